The van der Waals surface area contributed by atoms with Gasteiger partial charge in [0.1, 0.15) is 13.9 Å². The van der Waals surface area contributed by atoms with E-state index >= 15 is 0 Å². The number of amides is 1. The minimum absolute atomic E-state index is 0.0785. The summed E-state index contributed by atoms with van der Waals surface area (Å²) < 4.78 is 3.52. The Balaban J connectivity index is 1.08. The van der Waals surface area contributed by atoms with Crippen LogP contribution >= 0.6 is 35.3 Å². The van der Waals surface area contributed by atoms with Gasteiger partial charge in [-0.1, -0.05) is 121 Å². The van der Waals surface area contributed by atoms with E-state index in [4.69, 9.17) is 12.2 Å². The SMILES string of the molecule is CCN1C(=O)/C(=c2\s/c(=C/C=C/c3ccc4c(c3)C3CCCC3N4c3ccc(C=C(c4ccccc4)c4ccccc4)cc3)c(=O)n2CC)SC1=S. The summed E-state index contributed by atoms with van der Waals surface area (Å²) in [4.78, 5) is 31.0. The van der Waals surface area contributed by atoms with Crippen LogP contribution in [-0.4, -0.2) is 32.3 Å². The van der Waals surface area contributed by atoms with Crippen molar-refractivity contribution in [1.82, 2.24) is 9.47 Å². The molecule has 260 valence electrons. The van der Waals surface area contributed by atoms with Gasteiger partial charge < -0.3 is 4.90 Å². The van der Waals surface area contributed by atoms with Crippen molar-refractivity contribution < 1.29 is 4.79 Å². The maximum Gasteiger partial charge on any atom is 0.269 e. The monoisotopic (exact) mass is 737 g/mol. The zero-order chi connectivity index (χ0) is 35.8. The molecule has 8 heteroatoms. The normalized spacial score (nSPS) is 19.5. The van der Waals surface area contributed by atoms with E-state index in [1.165, 1.54) is 81.6 Å². The van der Waals surface area contributed by atoms with Gasteiger partial charge in [-0.25, -0.2) is 0 Å². The number of allylic oxidation sites excluding steroid dienone is 1. The summed E-state index contributed by atoms with van der Waals surface area (Å²) in [6.07, 6.45) is 11.8. The molecule has 0 bridgehead atoms. The fourth-order valence-electron chi connectivity index (χ4n) is 7.82. The van der Waals surface area contributed by atoms with Gasteiger partial charge in [0.25, 0.3) is 11.5 Å². The smallest absolute Gasteiger partial charge is 0.269 e. The van der Waals surface area contributed by atoms with Crippen molar-refractivity contribution >= 4 is 85.6 Å². The van der Waals surface area contributed by atoms with E-state index in [1.807, 2.05) is 26.0 Å². The fraction of sp³-hybridized carbons (Fsp3) is 0.205. The summed E-state index contributed by atoms with van der Waals surface area (Å²) in [5, 5.41) is 0. The van der Waals surface area contributed by atoms with Crippen molar-refractivity contribution in [3.8, 4) is 0 Å². The molecule has 0 radical (unpaired) electrons. The third kappa shape index (κ3) is 6.33. The number of nitrogens with zero attached hydrogens (tertiary/aromatic N) is 3. The van der Waals surface area contributed by atoms with E-state index in [0.717, 1.165) is 5.56 Å². The number of benzene rings is 4. The number of fused-ring (bicyclic) bond motifs is 3. The molecule has 1 saturated carbocycles. The Hall–Kier alpha value is -4.76. The summed E-state index contributed by atoms with van der Waals surface area (Å²) in [5.41, 5.74) is 9.74. The molecule has 3 aliphatic rings. The predicted molar refractivity (Wildman–Crippen MR) is 223 cm³/mol. The molecular weight excluding hydrogens is 699 g/mol. The molecule has 5 nitrogen and oxygen atoms in total. The molecule has 4 aromatic carbocycles. The number of anilines is 2. The molecule has 1 saturated heterocycles. The second kappa shape index (κ2) is 14.7. The van der Waals surface area contributed by atoms with Gasteiger partial charge in [-0.2, -0.15) is 0 Å². The maximum absolute atomic E-state index is 13.3. The van der Waals surface area contributed by atoms with Gasteiger partial charge in [-0.15, -0.1) is 11.3 Å². The summed E-state index contributed by atoms with van der Waals surface area (Å²) in [6.45, 7) is 4.85. The lowest BCUT2D eigenvalue weighted by Gasteiger charge is -2.27. The highest BCUT2D eigenvalue weighted by Crippen LogP contribution is 2.52. The zero-order valence-electron chi connectivity index (χ0n) is 29.2. The number of hydrogen-bond donors (Lipinski definition) is 0. The summed E-state index contributed by atoms with van der Waals surface area (Å²) in [5.74, 6) is 0.381. The van der Waals surface area contributed by atoms with Crippen LogP contribution in [0, 0.1) is 0 Å². The standard InChI is InChI=1S/C44H39N3O2S3/c1-3-45-41(48)39(51-43(45)40-42(49)46(4-2)44(50)52-40)20-11-13-29-23-26-38-36(28-29)34-18-12-19-37(34)47(38)33-24-21-30(22-25-33)27-35(31-14-7-5-8-15-31)32-16-9-6-10-17-32/h5-11,13-17,20-28,34,37H,3-4,12,18-19H2,1-2H3/b13-11+,39-20+,43-40+. The van der Waals surface area contributed by atoms with Crippen LogP contribution in [0.25, 0.3) is 28.7 Å². The van der Waals surface area contributed by atoms with Gasteiger partial charge in [0.2, 0.25) is 0 Å². The van der Waals surface area contributed by atoms with Gasteiger partial charge in [-0.3, -0.25) is 19.1 Å². The van der Waals surface area contributed by atoms with Gasteiger partial charge >= 0.3 is 0 Å². The molecule has 2 unspecified atom stereocenters. The topological polar surface area (TPSA) is 45.6 Å². The van der Waals surface area contributed by atoms with Gasteiger partial charge in [0, 0.05) is 36.4 Å². The third-order valence-electron chi connectivity index (χ3n) is 10.3. The number of thiocarbonyl (C=S) groups is 1. The highest BCUT2D eigenvalue weighted by Gasteiger charge is 2.42. The molecular formula is C44H39N3O2S3. The first-order chi connectivity index (χ1) is 25.4. The number of hydrogen-bond acceptors (Lipinski definition) is 6. The van der Waals surface area contributed by atoms with Crippen molar-refractivity contribution in [3.63, 3.8) is 0 Å². The van der Waals surface area contributed by atoms with E-state index in [1.54, 1.807) is 9.47 Å². The number of thiazole rings is 1. The Bertz CT molecular complexity index is 2370. The molecule has 3 heterocycles. The van der Waals surface area contributed by atoms with Crippen molar-refractivity contribution in [1.29, 1.82) is 0 Å². The van der Waals surface area contributed by atoms with Crippen LogP contribution in [0.4, 0.5) is 11.4 Å². The Morgan fingerprint density at radius 1 is 0.846 bits per heavy atom. The molecule has 0 spiro atoms. The Labute approximate surface area is 317 Å². The first-order valence-corrected chi connectivity index (χ1v) is 20.0. The Morgan fingerprint density at radius 2 is 1.54 bits per heavy atom. The van der Waals surface area contributed by atoms with Gasteiger partial charge in [-0.05, 0) is 96.5 Å². The number of aromatic nitrogens is 1. The van der Waals surface area contributed by atoms with Crippen LogP contribution in [0.2, 0.25) is 0 Å². The minimum atomic E-state index is -0.117. The van der Waals surface area contributed by atoms with E-state index < -0.39 is 0 Å². The van der Waals surface area contributed by atoms with Crippen molar-refractivity contribution in [2.45, 2.75) is 51.6 Å². The fourth-order valence-corrected chi connectivity index (χ4v) is 10.5. The van der Waals surface area contributed by atoms with Crippen molar-refractivity contribution in [2.24, 2.45) is 0 Å². The van der Waals surface area contributed by atoms with E-state index in [-0.39, 0.29) is 11.5 Å². The van der Waals surface area contributed by atoms with Crippen LogP contribution in [0.1, 0.15) is 66.8 Å². The average Bonchev–Trinajstić information content (AvgIpc) is 3.92. The van der Waals surface area contributed by atoms with E-state index in [9.17, 15) is 9.59 Å². The largest absolute Gasteiger partial charge is 0.338 e. The van der Waals surface area contributed by atoms with Crippen LogP contribution in [0.15, 0.2) is 114 Å². The lowest BCUT2D eigenvalue weighted by Crippen LogP contribution is -2.33. The zero-order valence-corrected chi connectivity index (χ0v) is 31.6. The molecule has 8 rings (SSSR count). The lowest BCUT2D eigenvalue weighted by atomic mass is 9.95. The number of carbonyl (C=O) groups is 1. The number of thioether (sulfide) groups is 1. The van der Waals surface area contributed by atoms with Crippen LogP contribution < -0.4 is 19.7 Å². The lowest BCUT2D eigenvalue weighted by molar-refractivity contribution is -0.120. The number of rotatable bonds is 8. The molecule has 52 heavy (non-hydrogen) atoms. The second-order valence-corrected chi connectivity index (χ2v) is 15.9. The van der Waals surface area contributed by atoms with Crippen molar-refractivity contribution in [2.75, 3.05) is 11.4 Å². The second-order valence-electron chi connectivity index (χ2n) is 13.3. The van der Waals surface area contributed by atoms with Gasteiger partial charge in [0.05, 0.1) is 4.53 Å². The molecule has 1 aliphatic carbocycles. The third-order valence-corrected chi connectivity index (χ3v) is 13.0. The molecule has 5 aromatic rings. The summed E-state index contributed by atoms with van der Waals surface area (Å²) >= 11 is 8.07. The van der Waals surface area contributed by atoms with Crippen LogP contribution in [0.3, 0.4) is 0 Å². The molecule has 2 aliphatic heterocycles. The summed E-state index contributed by atoms with van der Waals surface area (Å²) in [6, 6.07) is 37.4. The minimum Gasteiger partial charge on any atom is -0.338 e. The Kier molecular flexibility index (Phi) is 9.70. The average molecular weight is 738 g/mol. The van der Waals surface area contributed by atoms with Crippen molar-refractivity contribution in [3.05, 3.63) is 157 Å². The first-order valence-electron chi connectivity index (χ1n) is 18.0. The van der Waals surface area contributed by atoms with Crippen LogP contribution in [0.5, 0.6) is 0 Å². The first kappa shape index (κ1) is 34.3. The highest BCUT2D eigenvalue weighted by atomic mass is 32.2. The van der Waals surface area contributed by atoms with E-state index in [0.29, 0.717) is 43.5 Å². The molecule has 1 aromatic heterocycles. The molecule has 1 amide bonds. The Morgan fingerprint density at radius 3 is 2.19 bits per heavy atom. The van der Waals surface area contributed by atoms with E-state index in [2.05, 4.69) is 120 Å². The highest BCUT2D eigenvalue weighted by molar-refractivity contribution is 8.30. The molecule has 2 fully saturated rings. The number of carbonyl (C=O) groups excluding carboxylic acids is 1. The van der Waals surface area contributed by atoms with Crippen LogP contribution in [-0.2, 0) is 11.3 Å². The summed E-state index contributed by atoms with van der Waals surface area (Å²) in [7, 11) is 0. The molecule has 2 atom stereocenters. The van der Waals surface area contributed by atoms with Gasteiger partial charge in [0.15, 0.2) is 0 Å². The quantitative estimate of drug-likeness (QED) is 0.118. The maximum atomic E-state index is 13.3. The predicted octanol–water partition coefficient (Wildman–Crippen LogP) is 8.79. The molecule has 0 N–H and O–H groups in total.